The summed E-state index contributed by atoms with van der Waals surface area (Å²) < 4.78 is 5.82. The molecule has 0 heterocycles. The van der Waals surface area contributed by atoms with Crippen LogP contribution in [-0.4, -0.2) is 23.9 Å². The summed E-state index contributed by atoms with van der Waals surface area (Å²) in [6.07, 6.45) is 2.62. The van der Waals surface area contributed by atoms with Crippen molar-refractivity contribution in [2.45, 2.75) is 44.8 Å². The van der Waals surface area contributed by atoms with Crippen molar-refractivity contribution in [1.29, 1.82) is 0 Å². The summed E-state index contributed by atoms with van der Waals surface area (Å²) in [7, 11) is 0. The van der Waals surface area contributed by atoms with Crippen molar-refractivity contribution < 1.29 is 9.84 Å². The molecular weight excluding hydrogens is 226 g/mol. The first-order valence-electron chi connectivity index (χ1n) is 6.51. The van der Waals surface area contributed by atoms with Crippen molar-refractivity contribution in [3.05, 3.63) is 41.7 Å². The fourth-order valence-electron chi connectivity index (χ4n) is 1.79. The van der Waals surface area contributed by atoms with Gasteiger partial charge in [0.25, 0.3) is 0 Å². The van der Waals surface area contributed by atoms with Crippen LogP contribution in [0.1, 0.15) is 32.6 Å². The lowest BCUT2D eigenvalue weighted by Gasteiger charge is -2.23. The first kappa shape index (κ1) is 14.5. The Kier molecular flexibility index (Phi) is 6.90. The number of nitrogens with zero attached hydrogens (tertiary/aromatic N) is 1. The van der Waals surface area contributed by atoms with Gasteiger partial charge in [-0.3, -0.25) is 0 Å². The predicted molar refractivity (Wildman–Crippen MR) is 72.5 cm³/mol. The molecule has 18 heavy (non-hydrogen) atoms. The molecule has 0 spiro atoms. The van der Waals surface area contributed by atoms with Crippen molar-refractivity contribution in [2.24, 2.45) is 0 Å². The normalized spacial score (nSPS) is 13.6. The van der Waals surface area contributed by atoms with Gasteiger partial charge in [0, 0.05) is 6.42 Å². The van der Waals surface area contributed by atoms with Gasteiger partial charge in [0.15, 0.2) is 0 Å². The first-order valence-corrected chi connectivity index (χ1v) is 6.51. The predicted octanol–water partition coefficient (Wildman–Crippen LogP) is 3.29. The number of para-hydroxylation sites is 1. The number of rotatable bonds is 8. The zero-order valence-electron chi connectivity index (χ0n) is 10.9. The summed E-state index contributed by atoms with van der Waals surface area (Å²) in [5.41, 5.74) is 0. The molecule has 2 unspecified atom stereocenters. The van der Waals surface area contributed by atoms with E-state index in [4.69, 9.17) is 11.3 Å². The minimum absolute atomic E-state index is 0.214. The maximum absolute atomic E-state index is 10.1. The maximum Gasteiger partial charge on any atom is 0.217 e. The third-order valence-corrected chi connectivity index (χ3v) is 2.84. The van der Waals surface area contributed by atoms with Crippen molar-refractivity contribution in [2.75, 3.05) is 6.54 Å². The van der Waals surface area contributed by atoms with E-state index >= 15 is 0 Å². The Morgan fingerprint density at radius 3 is 2.61 bits per heavy atom. The Labute approximate surface area is 109 Å². The number of hydrogen-bond acceptors (Lipinski definition) is 2. The molecule has 0 aliphatic rings. The molecule has 1 aromatic rings. The lowest BCUT2D eigenvalue weighted by molar-refractivity contribution is 0.0275. The molecule has 98 valence electrons. The standard InChI is InChI=1S/C15H21NO2/c1-3-4-10-15(14(17)11-12-16-2)18-13-8-6-5-7-9-13/h5-9,14-15,17H,3-4,10-12H2,1H3. The van der Waals surface area contributed by atoms with E-state index in [1.54, 1.807) is 0 Å². The first-order chi connectivity index (χ1) is 8.77. The van der Waals surface area contributed by atoms with E-state index < -0.39 is 6.10 Å². The fourth-order valence-corrected chi connectivity index (χ4v) is 1.79. The Bertz CT molecular complexity index is 359. The van der Waals surface area contributed by atoms with Gasteiger partial charge in [-0.05, 0) is 25.0 Å². The van der Waals surface area contributed by atoms with Gasteiger partial charge in [0.05, 0.1) is 6.10 Å². The van der Waals surface area contributed by atoms with Crippen molar-refractivity contribution in [3.8, 4) is 5.75 Å². The maximum atomic E-state index is 10.1. The average molecular weight is 247 g/mol. The summed E-state index contributed by atoms with van der Waals surface area (Å²) in [6.45, 7) is 9.23. The van der Waals surface area contributed by atoms with Crippen molar-refractivity contribution in [3.63, 3.8) is 0 Å². The smallest absolute Gasteiger partial charge is 0.217 e. The zero-order valence-corrected chi connectivity index (χ0v) is 10.9. The zero-order chi connectivity index (χ0) is 13.2. The number of ether oxygens (including phenoxy) is 1. The highest BCUT2D eigenvalue weighted by atomic mass is 16.5. The molecule has 0 saturated heterocycles. The monoisotopic (exact) mass is 247 g/mol. The van der Waals surface area contributed by atoms with E-state index in [1.165, 1.54) is 0 Å². The van der Waals surface area contributed by atoms with E-state index in [-0.39, 0.29) is 6.10 Å². The summed E-state index contributed by atoms with van der Waals surface area (Å²) in [5, 5.41) is 10.1. The van der Waals surface area contributed by atoms with Crippen LogP contribution in [0.25, 0.3) is 4.85 Å². The van der Waals surface area contributed by atoms with Crippen LogP contribution in [0.15, 0.2) is 30.3 Å². The highest BCUT2D eigenvalue weighted by Crippen LogP contribution is 2.18. The number of aliphatic hydroxyl groups is 1. The van der Waals surface area contributed by atoms with E-state index in [1.807, 2.05) is 30.3 Å². The van der Waals surface area contributed by atoms with E-state index in [0.29, 0.717) is 13.0 Å². The van der Waals surface area contributed by atoms with Gasteiger partial charge in [0.2, 0.25) is 6.54 Å². The van der Waals surface area contributed by atoms with Gasteiger partial charge < -0.3 is 14.7 Å². The molecule has 0 bridgehead atoms. The van der Waals surface area contributed by atoms with E-state index in [9.17, 15) is 5.11 Å². The molecule has 0 aliphatic heterocycles. The second-order valence-electron chi connectivity index (χ2n) is 4.35. The van der Waals surface area contributed by atoms with Gasteiger partial charge in [-0.2, -0.15) is 0 Å². The van der Waals surface area contributed by atoms with Gasteiger partial charge in [-0.15, -0.1) is 0 Å². The topological polar surface area (TPSA) is 33.8 Å². The van der Waals surface area contributed by atoms with Crippen LogP contribution >= 0.6 is 0 Å². The molecule has 2 atom stereocenters. The second-order valence-corrected chi connectivity index (χ2v) is 4.35. The highest BCUT2D eigenvalue weighted by molar-refractivity contribution is 5.21. The molecule has 1 rings (SSSR count). The van der Waals surface area contributed by atoms with Crippen molar-refractivity contribution >= 4 is 0 Å². The molecule has 0 fully saturated rings. The van der Waals surface area contributed by atoms with Gasteiger partial charge in [0.1, 0.15) is 11.9 Å². The van der Waals surface area contributed by atoms with Crippen LogP contribution in [0.5, 0.6) is 5.75 Å². The Morgan fingerprint density at radius 1 is 1.28 bits per heavy atom. The average Bonchev–Trinajstić information content (AvgIpc) is 2.42. The lowest BCUT2D eigenvalue weighted by atomic mass is 10.0. The number of aliphatic hydroxyl groups excluding tert-OH is 1. The third-order valence-electron chi connectivity index (χ3n) is 2.84. The Balaban J connectivity index is 2.57. The lowest BCUT2D eigenvalue weighted by Crippen LogP contribution is -2.32. The molecule has 0 aromatic heterocycles. The molecule has 3 nitrogen and oxygen atoms in total. The van der Waals surface area contributed by atoms with Crippen LogP contribution in [0.3, 0.4) is 0 Å². The molecule has 0 aliphatic carbocycles. The quantitative estimate of drug-likeness (QED) is 0.715. The van der Waals surface area contributed by atoms with Gasteiger partial charge in [-0.25, -0.2) is 6.57 Å². The van der Waals surface area contributed by atoms with E-state index in [2.05, 4.69) is 11.8 Å². The Morgan fingerprint density at radius 2 is 2.00 bits per heavy atom. The molecule has 0 amide bonds. The molecule has 1 N–H and O–H groups in total. The van der Waals surface area contributed by atoms with Crippen LogP contribution < -0.4 is 4.74 Å². The number of hydrogen-bond donors (Lipinski definition) is 1. The van der Waals surface area contributed by atoms with Gasteiger partial charge in [-0.1, -0.05) is 31.5 Å². The van der Waals surface area contributed by atoms with Crippen LogP contribution in [0.2, 0.25) is 0 Å². The largest absolute Gasteiger partial charge is 0.488 e. The van der Waals surface area contributed by atoms with Gasteiger partial charge >= 0.3 is 0 Å². The Hall–Kier alpha value is -1.53. The molecular formula is C15H21NO2. The minimum atomic E-state index is -0.564. The van der Waals surface area contributed by atoms with E-state index in [0.717, 1.165) is 25.0 Å². The fraction of sp³-hybridized carbons (Fsp3) is 0.533. The van der Waals surface area contributed by atoms with Crippen LogP contribution in [-0.2, 0) is 0 Å². The molecule has 3 heteroatoms. The summed E-state index contributed by atoms with van der Waals surface area (Å²) >= 11 is 0. The van der Waals surface area contributed by atoms with Crippen molar-refractivity contribution in [1.82, 2.24) is 0 Å². The minimum Gasteiger partial charge on any atom is -0.488 e. The number of benzene rings is 1. The van der Waals surface area contributed by atoms with Crippen LogP contribution in [0, 0.1) is 6.57 Å². The summed E-state index contributed by atoms with van der Waals surface area (Å²) in [6, 6.07) is 9.54. The SMILES string of the molecule is [C-]#[N+]CCC(O)C(CCCC)Oc1ccccc1. The third kappa shape index (κ3) is 5.20. The second kappa shape index (κ2) is 8.54. The molecule has 0 saturated carbocycles. The molecule has 1 aromatic carbocycles. The van der Waals surface area contributed by atoms with Crippen LogP contribution in [0.4, 0.5) is 0 Å². The molecule has 0 radical (unpaired) electrons. The highest BCUT2D eigenvalue weighted by Gasteiger charge is 2.21. The summed E-state index contributed by atoms with van der Waals surface area (Å²) in [5.74, 6) is 0.778. The summed E-state index contributed by atoms with van der Waals surface area (Å²) in [4.78, 5) is 3.28. The number of unbranched alkanes of at least 4 members (excludes halogenated alkanes) is 1.